The van der Waals surface area contributed by atoms with E-state index in [2.05, 4.69) is 23.7 Å². The van der Waals surface area contributed by atoms with E-state index in [1.807, 2.05) is 6.07 Å². The van der Waals surface area contributed by atoms with Crippen molar-refractivity contribution in [2.24, 2.45) is 0 Å². The summed E-state index contributed by atoms with van der Waals surface area (Å²) in [5.74, 6) is -1.00. The van der Waals surface area contributed by atoms with E-state index in [4.69, 9.17) is 4.84 Å². The Balaban J connectivity index is 1.82. The molecule has 1 fully saturated rings. The number of pyridine rings is 1. The molecule has 0 aliphatic carbocycles. The molecule has 3 rings (SSSR count). The van der Waals surface area contributed by atoms with Gasteiger partial charge in [-0.25, -0.2) is 9.78 Å². The predicted molar refractivity (Wildman–Crippen MR) is 83.0 cm³/mol. The van der Waals surface area contributed by atoms with Crippen LogP contribution in [0.25, 0.3) is 11.0 Å². The van der Waals surface area contributed by atoms with E-state index < -0.39 is 5.97 Å². The molecule has 0 spiro atoms. The Morgan fingerprint density at radius 2 is 2.14 bits per heavy atom. The zero-order chi connectivity index (χ0) is 15.7. The summed E-state index contributed by atoms with van der Waals surface area (Å²) in [5, 5.41) is 10.2. The lowest BCUT2D eigenvalue weighted by Crippen LogP contribution is -2.43. The Morgan fingerprint density at radius 3 is 2.77 bits per heavy atom. The highest BCUT2D eigenvalue weighted by molar-refractivity contribution is 5.93. The number of nitrogens with zero attached hydrogens (tertiary/aromatic N) is 3. The third-order valence-electron chi connectivity index (χ3n) is 4.20. The molecule has 0 aromatic carbocycles. The van der Waals surface area contributed by atoms with E-state index in [0.29, 0.717) is 11.7 Å². The molecule has 2 aromatic heterocycles. The largest absolute Gasteiger partial charge is 0.476 e. The Hall–Kier alpha value is -2.08. The summed E-state index contributed by atoms with van der Waals surface area (Å²) in [7, 11) is 0. The summed E-state index contributed by atoms with van der Waals surface area (Å²) in [6.07, 6.45) is 3.45. The van der Waals surface area contributed by atoms with E-state index >= 15 is 0 Å². The van der Waals surface area contributed by atoms with Crippen molar-refractivity contribution >= 4 is 17.0 Å². The molecule has 0 atom stereocenters. The van der Waals surface area contributed by atoms with E-state index in [9.17, 15) is 9.90 Å². The Kier molecular flexibility index (Phi) is 4.02. The quantitative estimate of drug-likeness (QED) is 0.936. The van der Waals surface area contributed by atoms with Gasteiger partial charge in [-0.15, -0.1) is 0 Å². The molecule has 6 nitrogen and oxygen atoms in total. The van der Waals surface area contributed by atoms with Gasteiger partial charge in [0.15, 0.2) is 11.3 Å². The molecule has 0 bridgehead atoms. The second kappa shape index (κ2) is 5.96. The van der Waals surface area contributed by atoms with Crippen molar-refractivity contribution < 1.29 is 14.7 Å². The highest BCUT2D eigenvalue weighted by atomic mass is 16.7. The number of carbonyl (C=O) groups is 1. The predicted octanol–water partition coefficient (Wildman–Crippen LogP) is 2.04. The summed E-state index contributed by atoms with van der Waals surface area (Å²) in [6.45, 7) is 6.31. The molecule has 2 aromatic rings. The smallest absolute Gasteiger partial charge is 0.356 e. The Morgan fingerprint density at radius 1 is 1.41 bits per heavy atom. The zero-order valence-electron chi connectivity index (χ0n) is 12.9. The van der Waals surface area contributed by atoms with Crippen molar-refractivity contribution in [1.82, 2.24) is 14.6 Å². The third kappa shape index (κ3) is 2.78. The van der Waals surface area contributed by atoms with E-state index in [1.54, 1.807) is 18.3 Å². The monoisotopic (exact) mass is 303 g/mol. The molecule has 3 heterocycles. The lowest BCUT2D eigenvalue weighted by atomic mass is 10.1. The molecule has 1 N–H and O–H groups in total. The van der Waals surface area contributed by atoms with Crippen LogP contribution in [-0.4, -0.2) is 50.9 Å². The molecule has 0 amide bonds. The number of aromatic carboxylic acids is 1. The summed E-state index contributed by atoms with van der Waals surface area (Å²) >= 11 is 0. The third-order valence-corrected chi connectivity index (χ3v) is 4.20. The van der Waals surface area contributed by atoms with Crippen LogP contribution in [0.2, 0.25) is 0 Å². The minimum absolute atomic E-state index is 0.0192. The van der Waals surface area contributed by atoms with Gasteiger partial charge in [0.05, 0.1) is 0 Å². The first-order valence-corrected chi connectivity index (χ1v) is 7.67. The van der Waals surface area contributed by atoms with Crippen LogP contribution >= 0.6 is 0 Å². The zero-order valence-corrected chi connectivity index (χ0v) is 12.9. The molecule has 0 unspecified atom stereocenters. The number of aromatic nitrogens is 2. The van der Waals surface area contributed by atoms with Gasteiger partial charge in [-0.3, -0.25) is 0 Å². The van der Waals surface area contributed by atoms with Crippen LogP contribution in [0.3, 0.4) is 0 Å². The van der Waals surface area contributed by atoms with Gasteiger partial charge in [-0.1, -0.05) is 0 Å². The van der Waals surface area contributed by atoms with Gasteiger partial charge >= 0.3 is 5.97 Å². The van der Waals surface area contributed by atoms with Crippen LogP contribution in [0.15, 0.2) is 24.4 Å². The molecule has 1 aliphatic rings. The van der Waals surface area contributed by atoms with E-state index in [0.717, 1.165) is 31.3 Å². The average molecular weight is 303 g/mol. The van der Waals surface area contributed by atoms with Gasteiger partial charge in [-0.2, -0.15) is 4.73 Å². The normalized spacial score (nSPS) is 17.2. The van der Waals surface area contributed by atoms with Crippen molar-refractivity contribution in [2.45, 2.75) is 38.8 Å². The Labute approximate surface area is 129 Å². The fourth-order valence-electron chi connectivity index (χ4n) is 2.91. The first-order valence-electron chi connectivity index (χ1n) is 7.67. The second-order valence-corrected chi connectivity index (χ2v) is 5.98. The molecule has 0 saturated carbocycles. The number of hydrogen-bond acceptors (Lipinski definition) is 4. The summed E-state index contributed by atoms with van der Waals surface area (Å²) in [5.41, 5.74) is 0.686. The number of likely N-dealkylation sites (tertiary alicyclic amines) is 1. The molecule has 1 saturated heterocycles. The van der Waals surface area contributed by atoms with E-state index in [1.165, 1.54) is 4.73 Å². The van der Waals surface area contributed by atoms with Gasteiger partial charge in [0.25, 0.3) is 0 Å². The maximum Gasteiger partial charge on any atom is 0.356 e. The first-order chi connectivity index (χ1) is 10.6. The van der Waals surface area contributed by atoms with Crippen LogP contribution in [-0.2, 0) is 0 Å². The first kappa shape index (κ1) is 14.8. The molecule has 118 valence electrons. The van der Waals surface area contributed by atoms with Gasteiger partial charge in [-0.05, 0) is 44.9 Å². The highest BCUT2D eigenvalue weighted by Gasteiger charge is 2.25. The number of fused-ring (bicyclic) bond motifs is 1. The lowest BCUT2D eigenvalue weighted by molar-refractivity contribution is -0.00768. The van der Waals surface area contributed by atoms with Crippen LogP contribution in [0.4, 0.5) is 0 Å². The SMILES string of the molecule is CC(C)N1CCC(On2c(C(=O)O)cc3cccnc32)CC1. The second-order valence-electron chi connectivity index (χ2n) is 5.98. The lowest BCUT2D eigenvalue weighted by Gasteiger charge is -2.34. The highest BCUT2D eigenvalue weighted by Crippen LogP contribution is 2.20. The summed E-state index contributed by atoms with van der Waals surface area (Å²) < 4.78 is 1.38. The number of carboxylic acids is 1. The number of piperidine rings is 1. The molecular formula is C16H21N3O3. The van der Waals surface area contributed by atoms with Gasteiger partial charge in [0.2, 0.25) is 0 Å². The van der Waals surface area contributed by atoms with Gasteiger partial charge in [0, 0.05) is 30.7 Å². The molecule has 6 heteroatoms. The minimum atomic E-state index is -1.00. The fraction of sp³-hybridized carbons (Fsp3) is 0.500. The maximum atomic E-state index is 11.4. The van der Waals surface area contributed by atoms with Crippen LogP contribution in [0.5, 0.6) is 0 Å². The molecular weight excluding hydrogens is 282 g/mol. The minimum Gasteiger partial charge on any atom is -0.476 e. The Bertz CT molecular complexity index is 672. The van der Waals surface area contributed by atoms with Gasteiger partial charge < -0.3 is 14.8 Å². The van der Waals surface area contributed by atoms with Crippen molar-refractivity contribution in [1.29, 1.82) is 0 Å². The van der Waals surface area contributed by atoms with Crippen molar-refractivity contribution in [3.63, 3.8) is 0 Å². The van der Waals surface area contributed by atoms with Crippen molar-refractivity contribution in [2.75, 3.05) is 13.1 Å². The van der Waals surface area contributed by atoms with E-state index in [-0.39, 0.29) is 11.8 Å². The van der Waals surface area contributed by atoms with Crippen LogP contribution < -0.4 is 4.84 Å². The number of hydrogen-bond donors (Lipinski definition) is 1. The average Bonchev–Trinajstić information content (AvgIpc) is 2.87. The maximum absolute atomic E-state index is 11.4. The van der Waals surface area contributed by atoms with Gasteiger partial charge in [0.1, 0.15) is 6.10 Å². The van der Waals surface area contributed by atoms with Crippen molar-refractivity contribution in [3.05, 3.63) is 30.1 Å². The standard InChI is InChI=1S/C16H21N3O3/c1-11(2)18-8-5-13(6-9-18)22-19-14(16(20)21)10-12-4-3-7-17-15(12)19/h3-4,7,10-11,13H,5-6,8-9H2,1-2H3,(H,20,21). The summed E-state index contributed by atoms with van der Waals surface area (Å²) in [4.78, 5) is 24.1. The van der Waals surface area contributed by atoms with Crippen LogP contribution in [0.1, 0.15) is 37.2 Å². The topological polar surface area (TPSA) is 67.6 Å². The molecule has 22 heavy (non-hydrogen) atoms. The number of carboxylic acid groups (broad SMARTS) is 1. The molecule has 1 aliphatic heterocycles. The van der Waals surface area contributed by atoms with Crippen molar-refractivity contribution in [3.8, 4) is 0 Å². The molecule has 0 radical (unpaired) electrons. The fourth-order valence-corrected chi connectivity index (χ4v) is 2.91. The summed E-state index contributed by atoms with van der Waals surface area (Å²) in [6, 6.07) is 5.77. The van der Waals surface area contributed by atoms with Crippen LogP contribution in [0, 0.1) is 0 Å². The number of rotatable bonds is 4.